The van der Waals surface area contributed by atoms with Crippen LogP contribution >= 0.6 is 35.0 Å². The van der Waals surface area contributed by atoms with Gasteiger partial charge in [0, 0.05) is 35.3 Å². The summed E-state index contributed by atoms with van der Waals surface area (Å²) < 4.78 is 0. The van der Waals surface area contributed by atoms with Crippen molar-refractivity contribution in [3.63, 3.8) is 0 Å². The van der Waals surface area contributed by atoms with E-state index in [2.05, 4.69) is 5.32 Å². The normalized spacial score (nSPS) is 11.8. The molecule has 7 heteroatoms. The number of carbonyl (C=O) groups is 2. The molecule has 0 aliphatic carbocycles. The van der Waals surface area contributed by atoms with Crippen molar-refractivity contribution < 1.29 is 9.59 Å². The summed E-state index contributed by atoms with van der Waals surface area (Å²) in [5, 5.41) is 4.28. The third kappa shape index (κ3) is 8.88. The molecule has 190 valence electrons. The fourth-order valence-electron chi connectivity index (χ4n) is 3.75. The number of halogens is 2. The van der Waals surface area contributed by atoms with Gasteiger partial charge in [-0.05, 0) is 40.8 Å². The van der Waals surface area contributed by atoms with Gasteiger partial charge in [0.15, 0.2) is 0 Å². The maximum Gasteiger partial charge on any atom is 0.243 e. The summed E-state index contributed by atoms with van der Waals surface area (Å²) in [5.74, 6) is 0.914. The van der Waals surface area contributed by atoms with E-state index in [0.29, 0.717) is 34.7 Å². The molecule has 0 unspecified atom stereocenters. The van der Waals surface area contributed by atoms with Crippen LogP contribution in [0, 0.1) is 5.92 Å². The van der Waals surface area contributed by atoms with E-state index in [0.717, 1.165) is 16.7 Å². The van der Waals surface area contributed by atoms with Gasteiger partial charge in [0.2, 0.25) is 11.8 Å². The minimum absolute atomic E-state index is 0.109. The van der Waals surface area contributed by atoms with Crippen molar-refractivity contribution in [2.45, 2.75) is 38.6 Å². The maximum atomic E-state index is 13.6. The minimum Gasteiger partial charge on any atom is -0.354 e. The lowest BCUT2D eigenvalue weighted by atomic mass is 10.0. The number of nitrogens with one attached hydrogen (secondary N) is 1. The summed E-state index contributed by atoms with van der Waals surface area (Å²) in [6.45, 7) is 4.89. The smallest absolute Gasteiger partial charge is 0.243 e. The second kappa shape index (κ2) is 14.3. The zero-order valence-electron chi connectivity index (χ0n) is 20.6. The van der Waals surface area contributed by atoms with E-state index in [9.17, 15) is 9.59 Å². The van der Waals surface area contributed by atoms with Crippen molar-refractivity contribution in [3.05, 3.63) is 106 Å². The largest absolute Gasteiger partial charge is 0.354 e. The average Bonchev–Trinajstić information content (AvgIpc) is 2.86. The molecule has 4 nitrogen and oxygen atoms in total. The predicted octanol–water partition coefficient (Wildman–Crippen LogP) is 6.64. The molecule has 3 aromatic rings. The van der Waals surface area contributed by atoms with Crippen LogP contribution < -0.4 is 5.32 Å². The summed E-state index contributed by atoms with van der Waals surface area (Å²) in [4.78, 5) is 28.8. The van der Waals surface area contributed by atoms with E-state index in [1.807, 2.05) is 86.6 Å². The van der Waals surface area contributed by atoms with Crippen LogP contribution in [0.2, 0.25) is 10.0 Å². The number of carbonyl (C=O) groups excluding carboxylic acids is 2. The summed E-state index contributed by atoms with van der Waals surface area (Å²) in [6, 6.07) is 24.2. The van der Waals surface area contributed by atoms with Gasteiger partial charge in [0.1, 0.15) is 6.04 Å². The van der Waals surface area contributed by atoms with Crippen LogP contribution in [0.25, 0.3) is 0 Å². The highest BCUT2D eigenvalue weighted by molar-refractivity contribution is 7.99. The second-order valence-electron chi connectivity index (χ2n) is 9.08. The molecule has 3 rings (SSSR count). The second-order valence-corrected chi connectivity index (χ2v) is 10.9. The third-order valence-electron chi connectivity index (χ3n) is 5.64. The van der Waals surface area contributed by atoms with Gasteiger partial charge in [-0.15, -0.1) is 11.8 Å². The molecule has 0 radical (unpaired) electrons. The fourth-order valence-corrected chi connectivity index (χ4v) is 5.02. The highest BCUT2D eigenvalue weighted by Crippen LogP contribution is 2.23. The fraction of sp³-hybridized carbons (Fsp3) is 0.310. The number of amides is 2. The van der Waals surface area contributed by atoms with E-state index in [1.165, 1.54) is 11.8 Å². The van der Waals surface area contributed by atoms with Gasteiger partial charge < -0.3 is 10.2 Å². The molecule has 0 heterocycles. The summed E-state index contributed by atoms with van der Waals surface area (Å²) in [5.41, 5.74) is 2.85. The van der Waals surface area contributed by atoms with Crippen molar-refractivity contribution in [2.75, 3.05) is 12.3 Å². The van der Waals surface area contributed by atoms with Crippen molar-refractivity contribution in [1.82, 2.24) is 10.2 Å². The molecule has 0 bridgehead atoms. The SMILES string of the molecule is CC(C)CNC(=O)[C@H](Cc1ccccc1)N(Cc1ccccc1Cl)C(=O)CSCc1cccc(Cl)c1. The third-order valence-corrected chi connectivity index (χ3v) is 7.23. The maximum absolute atomic E-state index is 13.6. The van der Waals surface area contributed by atoms with Crippen LogP contribution in [0.1, 0.15) is 30.5 Å². The van der Waals surface area contributed by atoms with E-state index in [1.54, 1.807) is 11.0 Å². The van der Waals surface area contributed by atoms with Gasteiger partial charge >= 0.3 is 0 Å². The van der Waals surface area contributed by atoms with Crippen molar-refractivity contribution >= 4 is 46.8 Å². The van der Waals surface area contributed by atoms with Crippen molar-refractivity contribution in [3.8, 4) is 0 Å². The van der Waals surface area contributed by atoms with Crippen LogP contribution in [-0.4, -0.2) is 35.1 Å². The number of hydrogen-bond donors (Lipinski definition) is 1. The van der Waals surface area contributed by atoms with Crippen LogP contribution in [-0.2, 0) is 28.3 Å². The molecule has 2 amide bonds. The molecule has 36 heavy (non-hydrogen) atoms. The Morgan fingerprint density at radius 2 is 1.61 bits per heavy atom. The predicted molar refractivity (Wildman–Crippen MR) is 151 cm³/mol. The molecule has 0 aliphatic rings. The monoisotopic (exact) mass is 542 g/mol. The molecule has 0 saturated carbocycles. The molecule has 0 aliphatic heterocycles. The van der Waals surface area contributed by atoms with Crippen LogP contribution in [0.3, 0.4) is 0 Å². The molecule has 1 N–H and O–H groups in total. The molecule has 0 saturated heterocycles. The van der Waals surface area contributed by atoms with E-state index >= 15 is 0 Å². The Morgan fingerprint density at radius 1 is 0.917 bits per heavy atom. The standard InChI is InChI=1S/C29H32Cl2N2O2S/c1-21(2)17-32-29(35)27(16-22-9-4-3-5-10-22)33(18-24-12-6-7-14-26(24)31)28(34)20-36-19-23-11-8-13-25(30)15-23/h3-15,21,27H,16-20H2,1-2H3,(H,32,35)/t27-/m0/s1. The Labute approximate surface area is 228 Å². The van der Waals surface area contributed by atoms with Crippen LogP contribution in [0.5, 0.6) is 0 Å². The Balaban J connectivity index is 1.85. The van der Waals surface area contributed by atoms with Gasteiger partial charge in [-0.25, -0.2) is 0 Å². The van der Waals surface area contributed by atoms with Crippen LogP contribution in [0.4, 0.5) is 0 Å². The zero-order valence-corrected chi connectivity index (χ0v) is 23.0. The van der Waals surface area contributed by atoms with Gasteiger partial charge in [-0.1, -0.05) is 97.7 Å². The van der Waals surface area contributed by atoms with E-state index in [-0.39, 0.29) is 24.1 Å². The summed E-state index contributed by atoms with van der Waals surface area (Å²) in [7, 11) is 0. The Morgan fingerprint density at radius 3 is 2.31 bits per heavy atom. The number of rotatable bonds is 12. The van der Waals surface area contributed by atoms with Gasteiger partial charge in [0.25, 0.3) is 0 Å². The Bertz CT molecular complexity index is 1140. The molecule has 0 aromatic heterocycles. The number of benzene rings is 3. The molecular weight excluding hydrogens is 511 g/mol. The lowest BCUT2D eigenvalue weighted by Gasteiger charge is -2.32. The van der Waals surface area contributed by atoms with Gasteiger partial charge in [-0.3, -0.25) is 9.59 Å². The Kier molecular flexibility index (Phi) is 11.2. The first-order valence-corrected chi connectivity index (χ1v) is 13.9. The molecule has 1 atom stereocenters. The molecule has 0 spiro atoms. The first-order valence-electron chi connectivity index (χ1n) is 12.0. The topological polar surface area (TPSA) is 49.4 Å². The number of hydrogen-bond acceptors (Lipinski definition) is 3. The highest BCUT2D eigenvalue weighted by atomic mass is 35.5. The highest BCUT2D eigenvalue weighted by Gasteiger charge is 2.30. The number of nitrogens with zero attached hydrogens (tertiary/aromatic N) is 1. The zero-order chi connectivity index (χ0) is 25.9. The first-order chi connectivity index (χ1) is 17.3. The van der Waals surface area contributed by atoms with Crippen LogP contribution in [0.15, 0.2) is 78.9 Å². The van der Waals surface area contributed by atoms with Gasteiger partial charge in [-0.2, -0.15) is 0 Å². The minimum atomic E-state index is -0.665. The average molecular weight is 544 g/mol. The van der Waals surface area contributed by atoms with Crippen molar-refractivity contribution in [2.24, 2.45) is 5.92 Å². The van der Waals surface area contributed by atoms with Crippen molar-refractivity contribution in [1.29, 1.82) is 0 Å². The summed E-state index contributed by atoms with van der Waals surface area (Å²) in [6.07, 6.45) is 0.417. The first kappa shape index (κ1) is 28.1. The molecular formula is C29H32Cl2N2O2S. The number of thioether (sulfide) groups is 1. The molecule has 0 fully saturated rings. The lowest BCUT2D eigenvalue weighted by Crippen LogP contribution is -2.51. The lowest BCUT2D eigenvalue weighted by molar-refractivity contribution is -0.139. The van der Waals surface area contributed by atoms with Gasteiger partial charge in [0.05, 0.1) is 5.75 Å². The molecule has 3 aromatic carbocycles. The Hall–Kier alpha value is -2.47. The van der Waals surface area contributed by atoms with E-state index < -0.39 is 6.04 Å². The van der Waals surface area contributed by atoms with E-state index in [4.69, 9.17) is 23.2 Å². The quantitative estimate of drug-likeness (QED) is 0.279. The summed E-state index contributed by atoms with van der Waals surface area (Å²) >= 11 is 14.1.